The summed E-state index contributed by atoms with van der Waals surface area (Å²) in [5.74, 6) is -2.09. The van der Waals surface area contributed by atoms with Gasteiger partial charge in [0.1, 0.15) is 5.82 Å². The van der Waals surface area contributed by atoms with Crippen LogP contribution in [0, 0.1) is 17.7 Å². The normalized spacial score (nSPS) is 20.1. The van der Waals surface area contributed by atoms with Crippen LogP contribution in [0.2, 0.25) is 0 Å². The number of carboxylic acid groups (broad SMARTS) is 1. The smallest absolute Gasteiger partial charge is 0.308 e. The van der Waals surface area contributed by atoms with Gasteiger partial charge in [0.05, 0.1) is 5.92 Å². The number of amides is 1. The molecule has 1 aromatic rings. The van der Waals surface area contributed by atoms with Crippen LogP contribution in [0.5, 0.6) is 0 Å². The van der Waals surface area contributed by atoms with Crippen molar-refractivity contribution < 1.29 is 19.1 Å². The zero-order valence-corrected chi connectivity index (χ0v) is 12.1. The lowest BCUT2D eigenvalue weighted by atomic mass is 9.95. The molecule has 0 spiro atoms. The number of carbonyl (C=O) groups excluding carboxylic acids is 1. The van der Waals surface area contributed by atoms with Gasteiger partial charge in [-0.1, -0.05) is 25.1 Å². The lowest BCUT2D eigenvalue weighted by Crippen LogP contribution is -2.44. The Hall–Kier alpha value is -1.91. The Morgan fingerprint density at radius 1 is 1.43 bits per heavy atom. The van der Waals surface area contributed by atoms with Crippen molar-refractivity contribution in [3.63, 3.8) is 0 Å². The highest BCUT2D eigenvalue weighted by Crippen LogP contribution is 2.20. The van der Waals surface area contributed by atoms with Crippen molar-refractivity contribution in [2.45, 2.75) is 26.2 Å². The van der Waals surface area contributed by atoms with Crippen LogP contribution < -0.4 is 0 Å². The maximum atomic E-state index is 13.6. The van der Waals surface area contributed by atoms with Crippen LogP contribution in [0.4, 0.5) is 4.39 Å². The second-order valence-corrected chi connectivity index (χ2v) is 5.66. The molecule has 1 saturated heterocycles. The van der Waals surface area contributed by atoms with Crippen LogP contribution in [0.1, 0.15) is 25.3 Å². The number of benzene rings is 1. The van der Waals surface area contributed by atoms with Gasteiger partial charge in [-0.25, -0.2) is 4.39 Å². The van der Waals surface area contributed by atoms with Gasteiger partial charge in [0.2, 0.25) is 5.91 Å². The van der Waals surface area contributed by atoms with Gasteiger partial charge in [-0.2, -0.15) is 0 Å². The number of rotatable bonds is 4. The topological polar surface area (TPSA) is 57.6 Å². The van der Waals surface area contributed by atoms with Crippen molar-refractivity contribution >= 4 is 11.9 Å². The van der Waals surface area contributed by atoms with E-state index < -0.39 is 11.9 Å². The molecule has 0 aliphatic carbocycles. The zero-order valence-electron chi connectivity index (χ0n) is 12.1. The Kier molecular flexibility index (Phi) is 4.94. The second-order valence-electron chi connectivity index (χ2n) is 5.66. The molecule has 1 fully saturated rings. The fraction of sp³-hybridized carbons (Fsp3) is 0.500. The molecule has 2 rings (SSSR count). The molecule has 1 amide bonds. The van der Waals surface area contributed by atoms with E-state index in [4.69, 9.17) is 5.11 Å². The van der Waals surface area contributed by atoms with Crippen LogP contribution in [-0.4, -0.2) is 35.0 Å². The molecule has 0 saturated carbocycles. The van der Waals surface area contributed by atoms with Gasteiger partial charge in [0.25, 0.3) is 0 Å². The van der Waals surface area contributed by atoms with E-state index in [0.29, 0.717) is 31.4 Å². The Labute approximate surface area is 123 Å². The number of aliphatic carboxylic acids is 1. The number of halogens is 1. The van der Waals surface area contributed by atoms with Crippen LogP contribution in [0.25, 0.3) is 0 Å². The van der Waals surface area contributed by atoms with Crippen LogP contribution in [-0.2, 0) is 16.0 Å². The van der Waals surface area contributed by atoms with Crippen molar-refractivity contribution in [1.29, 1.82) is 0 Å². The first kappa shape index (κ1) is 15.5. The SMILES string of the molecule is CC(Cc1ccccc1F)C(=O)N1CCC[C@H](C(=O)O)C1. The molecule has 1 aliphatic rings. The molecular formula is C16H20FNO3. The summed E-state index contributed by atoms with van der Waals surface area (Å²) in [6, 6.07) is 6.42. The van der Waals surface area contributed by atoms with Gasteiger partial charge in [-0.15, -0.1) is 0 Å². The standard InChI is InChI=1S/C16H20FNO3/c1-11(9-12-5-2-3-7-14(12)17)15(19)18-8-4-6-13(10-18)16(20)21/h2-3,5,7,11,13H,4,6,8-10H2,1H3,(H,20,21)/t11?,13-/m0/s1. The maximum absolute atomic E-state index is 13.6. The predicted molar refractivity (Wildman–Crippen MR) is 76.2 cm³/mol. The van der Waals surface area contributed by atoms with Crippen LogP contribution in [0.3, 0.4) is 0 Å². The van der Waals surface area contributed by atoms with Crippen molar-refractivity contribution in [1.82, 2.24) is 4.90 Å². The molecule has 1 unspecified atom stereocenters. The summed E-state index contributed by atoms with van der Waals surface area (Å²) >= 11 is 0. The maximum Gasteiger partial charge on any atom is 0.308 e. The third-order valence-electron chi connectivity index (χ3n) is 3.99. The molecule has 2 atom stereocenters. The average Bonchev–Trinajstić information content (AvgIpc) is 2.49. The van der Waals surface area contributed by atoms with E-state index in [1.165, 1.54) is 6.07 Å². The summed E-state index contributed by atoms with van der Waals surface area (Å²) in [5, 5.41) is 9.06. The first-order chi connectivity index (χ1) is 9.99. The van der Waals surface area contributed by atoms with E-state index in [2.05, 4.69) is 0 Å². The molecule has 0 aromatic heterocycles. The third-order valence-corrected chi connectivity index (χ3v) is 3.99. The lowest BCUT2D eigenvalue weighted by molar-refractivity contribution is -0.146. The number of carbonyl (C=O) groups is 2. The minimum Gasteiger partial charge on any atom is -0.481 e. The Balaban J connectivity index is 1.99. The van der Waals surface area contributed by atoms with Crippen molar-refractivity contribution in [2.24, 2.45) is 11.8 Å². The van der Waals surface area contributed by atoms with Crippen LogP contribution in [0.15, 0.2) is 24.3 Å². The number of likely N-dealkylation sites (tertiary alicyclic amines) is 1. The van der Waals surface area contributed by atoms with E-state index >= 15 is 0 Å². The zero-order chi connectivity index (χ0) is 15.4. The number of carboxylic acids is 1. The molecule has 1 heterocycles. The van der Waals surface area contributed by atoms with Crippen molar-refractivity contribution in [3.8, 4) is 0 Å². The Morgan fingerprint density at radius 2 is 2.14 bits per heavy atom. The molecule has 1 aromatic carbocycles. The van der Waals surface area contributed by atoms with E-state index in [-0.39, 0.29) is 24.2 Å². The van der Waals surface area contributed by atoms with Crippen LogP contribution >= 0.6 is 0 Å². The fourth-order valence-corrected chi connectivity index (χ4v) is 2.77. The van der Waals surface area contributed by atoms with Gasteiger partial charge in [-0.3, -0.25) is 9.59 Å². The molecule has 1 aliphatic heterocycles. The predicted octanol–water partition coefficient (Wildman–Crippen LogP) is 2.33. The molecule has 0 radical (unpaired) electrons. The highest BCUT2D eigenvalue weighted by atomic mass is 19.1. The molecule has 21 heavy (non-hydrogen) atoms. The van der Waals surface area contributed by atoms with E-state index in [1.54, 1.807) is 30.0 Å². The molecule has 5 heteroatoms. The van der Waals surface area contributed by atoms with Crippen molar-refractivity contribution in [3.05, 3.63) is 35.6 Å². The second kappa shape index (κ2) is 6.70. The number of hydrogen-bond acceptors (Lipinski definition) is 2. The van der Waals surface area contributed by atoms with Gasteiger partial charge in [0, 0.05) is 19.0 Å². The lowest BCUT2D eigenvalue weighted by Gasteiger charge is -2.32. The highest BCUT2D eigenvalue weighted by molar-refractivity contribution is 5.80. The van der Waals surface area contributed by atoms with Crippen molar-refractivity contribution in [2.75, 3.05) is 13.1 Å². The molecule has 0 bridgehead atoms. The monoisotopic (exact) mass is 293 g/mol. The number of hydrogen-bond donors (Lipinski definition) is 1. The summed E-state index contributed by atoms with van der Waals surface area (Å²) in [6.45, 7) is 2.61. The van der Waals surface area contributed by atoms with E-state index in [9.17, 15) is 14.0 Å². The summed E-state index contributed by atoms with van der Waals surface area (Å²) in [7, 11) is 0. The molecule has 1 N–H and O–H groups in total. The Bertz CT molecular complexity index is 532. The summed E-state index contributed by atoms with van der Waals surface area (Å²) in [4.78, 5) is 25.0. The third kappa shape index (κ3) is 3.80. The number of piperidine rings is 1. The first-order valence-corrected chi connectivity index (χ1v) is 7.24. The summed E-state index contributed by atoms with van der Waals surface area (Å²) in [6.07, 6.45) is 1.65. The van der Waals surface area contributed by atoms with Gasteiger partial charge in [-0.05, 0) is 30.9 Å². The minimum absolute atomic E-state index is 0.0933. The van der Waals surface area contributed by atoms with Gasteiger partial charge in [0.15, 0.2) is 0 Å². The minimum atomic E-state index is -0.853. The average molecular weight is 293 g/mol. The molecule has 4 nitrogen and oxygen atoms in total. The summed E-state index contributed by atoms with van der Waals surface area (Å²) in [5.41, 5.74) is 0.519. The van der Waals surface area contributed by atoms with E-state index in [0.717, 1.165) is 0 Å². The van der Waals surface area contributed by atoms with Gasteiger partial charge >= 0.3 is 5.97 Å². The largest absolute Gasteiger partial charge is 0.481 e. The molecular weight excluding hydrogens is 273 g/mol. The number of nitrogens with zero attached hydrogens (tertiary/aromatic N) is 1. The Morgan fingerprint density at radius 3 is 2.81 bits per heavy atom. The fourth-order valence-electron chi connectivity index (χ4n) is 2.77. The highest BCUT2D eigenvalue weighted by Gasteiger charge is 2.30. The van der Waals surface area contributed by atoms with E-state index in [1.807, 2.05) is 0 Å². The first-order valence-electron chi connectivity index (χ1n) is 7.24. The summed E-state index contributed by atoms with van der Waals surface area (Å²) < 4.78 is 13.6. The quantitative estimate of drug-likeness (QED) is 0.927. The molecule has 114 valence electrons. The van der Waals surface area contributed by atoms with Gasteiger partial charge < -0.3 is 10.0 Å².